The van der Waals surface area contributed by atoms with E-state index in [-0.39, 0.29) is 12.5 Å². The summed E-state index contributed by atoms with van der Waals surface area (Å²) in [7, 11) is 0. The topological polar surface area (TPSA) is 68.2 Å². The summed E-state index contributed by atoms with van der Waals surface area (Å²) >= 11 is 0. The van der Waals surface area contributed by atoms with E-state index < -0.39 is 0 Å². The van der Waals surface area contributed by atoms with E-state index in [9.17, 15) is 4.79 Å². The van der Waals surface area contributed by atoms with Crippen LogP contribution in [-0.4, -0.2) is 49.1 Å². The Kier molecular flexibility index (Phi) is 5.95. The number of nitrogens with zero attached hydrogens (tertiary/aromatic N) is 2. The van der Waals surface area contributed by atoms with Crippen LogP contribution in [0.5, 0.6) is 0 Å². The molecule has 0 aromatic rings. The molecule has 0 spiro atoms. The minimum Gasteiger partial charge on any atom is -0.342 e. The van der Waals surface area contributed by atoms with Gasteiger partial charge in [0.1, 0.15) is 6.54 Å². The van der Waals surface area contributed by atoms with Crippen LogP contribution in [0.25, 0.3) is 0 Å². The number of nitrogens with one attached hydrogen (secondary N) is 2. The summed E-state index contributed by atoms with van der Waals surface area (Å²) in [5.41, 5.74) is 0. The van der Waals surface area contributed by atoms with Crippen LogP contribution in [-0.2, 0) is 4.79 Å². The summed E-state index contributed by atoms with van der Waals surface area (Å²) < 4.78 is 0. The molecule has 1 heterocycles. The number of nitriles is 1. The minimum absolute atomic E-state index is 0.0711. The lowest BCUT2D eigenvalue weighted by molar-refractivity contribution is -0.122. The molecule has 17 heavy (non-hydrogen) atoms. The largest absolute Gasteiger partial charge is 0.342 e. The van der Waals surface area contributed by atoms with Crippen molar-refractivity contribution in [1.82, 2.24) is 15.5 Å². The maximum Gasteiger partial charge on any atom is 0.235 e. The molecule has 0 bridgehead atoms. The van der Waals surface area contributed by atoms with E-state index in [0.29, 0.717) is 18.6 Å². The number of amides is 1. The molecular weight excluding hydrogens is 216 g/mol. The summed E-state index contributed by atoms with van der Waals surface area (Å²) in [6, 6.07) is 2.75. The van der Waals surface area contributed by atoms with Crippen molar-refractivity contribution in [1.29, 1.82) is 5.26 Å². The number of carbonyl (C=O) groups excluding carboxylic acids is 1. The van der Waals surface area contributed by atoms with E-state index in [2.05, 4.69) is 29.4 Å². The first kappa shape index (κ1) is 13.9. The van der Waals surface area contributed by atoms with Gasteiger partial charge in [-0.1, -0.05) is 0 Å². The van der Waals surface area contributed by atoms with Gasteiger partial charge in [-0.25, -0.2) is 0 Å². The van der Waals surface area contributed by atoms with Crippen molar-refractivity contribution < 1.29 is 4.79 Å². The summed E-state index contributed by atoms with van der Waals surface area (Å²) in [5, 5.41) is 14.4. The van der Waals surface area contributed by atoms with Crippen LogP contribution in [0, 0.1) is 11.3 Å². The molecule has 1 aliphatic heterocycles. The van der Waals surface area contributed by atoms with Crippen LogP contribution >= 0.6 is 0 Å². The van der Waals surface area contributed by atoms with Crippen LogP contribution in [0.4, 0.5) is 0 Å². The maximum absolute atomic E-state index is 11.6. The third kappa shape index (κ3) is 5.16. The molecule has 5 heteroatoms. The first-order valence-corrected chi connectivity index (χ1v) is 6.24. The molecule has 1 unspecified atom stereocenters. The Bertz CT molecular complexity index is 279. The Hall–Kier alpha value is -1.12. The molecule has 1 fully saturated rings. The fraction of sp³-hybridized carbons (Fsp3) is 0.833. The number of carbonyl (C=O) groups is 1. The summed E-state index contributed by atoms with van der Waals surface area (Å²) in [6.07, 6.45) is 2.40. The highest BCUT2D eigenvalue weighted by Crippen LogP contribution is 2.08. The molecule has 1 rings (SSSR count). The average Bonchev–Trinajstić information content (AvgIpc) is 2.78. The first-order valence-electron chi connectivity index (χ1n) is 6.24. The molecule has 1 amide bonds. The van der Waals surface area contributed by atoms with E-state index in [4.69, 9.17) is 5.26 Å². The predicted molar refractivity (Wildman–Crippen MR) is 66.4 cm³/mol. The van der Waals surface area contributed by atoms with Gasteiger partial charge in [0.25, 0.3) is 0 Å². The van der Waals surface area contributed by atoms with Crippen molar-refractivity contribution in [3.63, 3.8) is 0 Å². The van der Waals surface area contributed by atoms with Crippen LogP contribution in [0.3, 0.4) is 0 Å². The van der Waals surface area contributed by atoms with E-state index in [1.165, 1.54) is 12.8 Å². The normalized spacial score (nSPS) is 19.6. The number of hydrogen-bond donors (Lipinski definition) is 2. The zero-order valence-corrected chi connectivity index (χ0v) is 10.7. The lowest BCUT2D eigenvalue weighted by atomic mass is 10.2. The molecule has 5 nitrogen and oxygen atoms in total. The quantitative estimate of drug-likeness (QED) is 0.643. The highest BCUT2D eigenvalue weighted by molar-refractivity contribution is 5.78. The fourth-order valence-electron chi connectivity index (χ4n) is 2.03. The maximum atomic E-state index is 11.6. The summed E-state index contributed by atoms with van der Waals surface area (Å²) in [5.74, 6) is -0.0711. The molecular formula is C12H22N4O. The Morgan fingerprint density at radius 3 is 2.94 bits per heavy atom. The monoisotopic (exact) mass is 238 g/mol. The van der Waals surface area contributed by atoms with Crippen molar-refractivity contribution in [2.24, 2.45) is 0 Å². The molecule has 96 valence electrons. The first-order chi connectivity index (χ1) is 8.13. The molecule has 0 aromatic carbocycles. The van der Waals surface area contributed by atoms with Gasteiger partial charge < -0.3 is 10.6 Å². The van der Waals surface area contributed by atoms with Crippen molar-refractivity contribution in [2.75, 3.05) is 26.2 Å². The lowest BCUT2D eigenvalue weighted by Crippen LogP contribution is -2.46. The lowest BCUT2D eigenvalue weighted by Gasteiger charge is -2.28. The average molecular weight is 238 g/mol. The standard InChI is InChI=1S/C12H22N4O/c1-10(2)16(8-11-4-3-6-14-11)9-12(17)15-7-5-13/h10-11,14H,3-4,6-9H2,1-2H3,(H,15,17). The van der Waals surface area contributed by atoms with E-state index >= 15 is 0 Å². The Labute approximate surface area is 103 Å². The van der Waals surface area contributed by atoms with Gasteiger partial charge in [-0.05, 0) is 33.2 Å². The molecule has 1 saturated heterocycles. The SMILES string of the molecule is CC(C)N(CC(=O)NCC#N)CC1CCCN1. The van der Waals surface area contributed by atoms with E-state index in [1.54, 1.807) is 0 Å². The van der Waals surface area contributed by atoms with Crippen LogP contribution in [0.1, 0.15) is 26.7 Å². The fourth-order valence-corrected chi connectivity index (χ4v) is 2.03. The number of rotatable bonds is 6. The molecule has 2 N–H and O–H groups in total. The second-order valence-corrected chi connectivity index (χ2v) is 4.75. The predicted octanol–water partition coefficient (Wildman–Crippen LogP) is 0.0886. The van der Waals surface area contributed by atoms with Gasteiger partial charge in [0.15, 0.2) is 0 Å². The minimum atomic E-state index is -0.0711. The van der Waals surface area contributed by atoms with E-state index in [0.717, 1.165) is 13.1 Å². The van der Waals surface area contributed by atoms with Gasteiger partial charge in [-0.3, -0.25) is 9.69 Å². The molecule has 0 radical (unpaired) electrons. The van der Waals surface area contributed by atoms with Crippen LogP contribution in [0.15, 0.2) is 0 Å². The summed E-state index contributed by atoms with van der Waals surface area (Å²) in [4.78, 5) is 13.7. The Balaban J connectivity index is 2.37. The highest BCUT2D eigenvalue weighted by Gasteiger charge is 2.21. The van der Waals surface area contributed by atoms with Gasteiger partial charge in [-0.2, -0.15) is 5.26 Å². The zero-order chi connectivity index (χ0) is 12.7. The Morgan fingerprint density at radius 1 is 1.65 bits per heavy atom. The zero-order valence-electron chi connectivity index (χ0n) is 10.7. The third-order valence-corrected chi connectivity index (χ3v) is 3.06. The second-order valence-electron chi connectivity index (χ2n) is 4.75. The van der Waals surface area contributed by atoms with E-state index in [1.807, 2.05) is 6.07 Å². The van der Waals surface area contributed by atoms with Crippen molar-refractivity contribution in [2.45, 2.75) is 38.8 Å². The van der Waals surface area contributed by atoms with Crippen molar-refractivity contribution in [3.8, 4) is 6.07 Å². The highest BCUT2D eigenvalue weighted by atomic mass is 16.2. The van der Waals surface area contributed by atoms with Crippen molar-refractivity contribution >= 4 is 5.91 Å². The van der Waals surface area contributed by atoms with Crippen LogP contribution < -0.4 is 10.6 Å². The third-order valence-electron chi connectivity index (χ3n) is 3.06. The second kappa shape index (κ2) is 7.25. The Morgan fingerprint density at radius 2 is 2.41 bits per heavy atom. The molecule has 1 atom stereocenters. The molecule has 0 aliphatic carbocycles. The smallest absolute Gasteiger partial charge is 0.235 e. The number of hydrogen-bond acceptors (Lipinski definition) is 4. The van der Waals surface area contributed by atoms with Crippen LogP contribution in [0.2, 0.25) is 0 Å². The van der Waals surface area contributed by atoms with Gasteiger partial charge in [0.05, 0.1) is 12.6 Å². The van der Waals surface area contributed by atoms with Crippen molar-refractivity contribution in [3.05, 3.63) is 0 Å². The van der Waals surface area contributed by atoms with Gasteiger partial charge >= 0.3 is 0 Å². The summed E-state index contributed by atoms with van der Waals surface area (Å²) in [6.45, 7) is 6.62. The van der Waals surface area contributed by atoms with Gasteiger partial charge in [0.2, 0.25) is 5.91 Å². The molecule has 1 aliphatic rings. The van der Waals surface area contributed by atoms with Gasteiger partial charge in [0, 0.05) is 18.6 Å². The van der Waals surface area contributed by atoms with Gasteiger partial charge in [-0.15, -0.1) is 0 Å². The molecule has 0 saturated carbocycles. The molecule has 0 aromatic heterocycles.